The van der Waals surface area contributed by atoms with Crippen LogP contribution in [0.15, 0.2) is 35.3 Å². The molecule has 2 N–H and O–H groups in total. The zero-order valence-corrected chi connectivity index (χ0v) is 23.6. The van der Waals surface area contributed by atoms with Crippen LogP contribution in [0.1, 0.15) is 30.1 Å². The van der Waals surface area contributed by atoms with Crippen molar-refractivity contribution in [1.82, 2.24) is 9.58 Å². The number of hydrogen-bond acceptors (Lipinski definition) is 8. The van der Waals surface area contributed by atoms with Crippen molar-refractivity contribution in [2.45, 2.75) is 25.8 Å². The Labute approximate surface area is 244 Å². The van der Waals surface area contributed by atoms with Crippen LogP contribution in [-0.4, -0.2) is 85.0 Å². The molecule has 0 spiro atoms. The van der Waals surface area contributed by atoms with Gasteiger partial charge >= 0.3 is 5.97 Å². The largest absolute Gasteiger partial charge is 0.477 e. The molecule has 0 radical (unpaired) electrons. The number of nitrogens with zero attached hydrogens (tertiary/aromatic N) is 5. The SMILES string of the molecule is CC(=O)N1CCCC1C(=O)Nc1ccc(N2CCN(c3c(F)cc4c(=O)c(C(=O)O)cn5c4c3OCN5C)CC2)c(F)c1. The van der Waals surface area contributed by atoms with Crippen molar-refractivity contribution < 1.29 is 33.0 Å². The summed E-state index contributed by atoms with van der Waals surface area (Å²) >= 11 is 0. The molecular weight excluding hydrogens is 566 g/mol. The molecule has 3 aromatic rings. The second kappa shape index (κ2) is 10.7. The molecule has 3 aliphatic heterocycles. The number of aromatic carboxylic acids is 1. The number of ether oxygens (including phenoxy) is 1. The Hall–Kier alpha value is -4.88. The molecular formula is C29H30F2N6O6. The maximum atomic E-state index is 15.6. The summed E-state index contributed by atoms with van der Waals surface area (Å²) in [5.74, 6) is -3.04. The Morgan fingerprint density at radius 2 is 1.74 bits per heavy atom. The number of rotatable bonds is 5. The number of carboxylic acids is 1. The average Bonchev–Trinajstić information content (AvgIpc) is 3.47. The standard InChI is InChI=1S/C29H30F2N6O6/c1-16(38)36-7-3-4-23(36)28(40)32-17-5-6-22(20(30)12-17)34-8-10-35(11-9-34)25-21(31)13-18-24-27(25)43-15-33(2)37(24)14-19(26(18)39)29(41)42/h5-6,12-14,23H,3-4,7-11,15H2,1-2H3,(H,32,40)(H,41,42). The number of hydrogen-bond donors (Lipinski definition) is 2. The van der Waals surface area contributed by atoms with Crippen LogP contribution in [-0.2, 0) is 9.59 Å². The van der Waals surface area contributed by atoms with E-state index >= 15 is 8.78 Å². The molecule has 2 saturated heterocycles. The molecule has 12 nitrogen and oxygen atoms in total. The number of benzene rings is 2. The first-order valence-corrected chi connectivity index (χ1v) is 13.9. The first kappa shape index (κ1) is 28.2. The summed E-state index contributed by atoms with van der Waals surface area (Å²) in [6.45, 7) is 3.26. The number of likely N-dealkylation sites (tertiary alicyclic amines) is 1. The van der Waals surface area contributed by atoms with Crippen LogP contribution in [0, 0.1) is 11.6 Å². The fraction of sp³-hybridized carbons (Fsp3) is 0.379. The van der Waals surface area contributed by atoms with E-state index in [-0.39, 0.29) is 46.6 Å². The summed E-state index contributed by atoms with van der Waals surface area (Å²) in [7, 11) is 1.65. The second-order valence-corrected chi connectivity index (χ2v) is 10.9. The quantitative estimate of drug-likeness (QED) is 0.456. The van der Waals surface area contributed by atoms with Crippen molar-refractivity contribution in [3.8, 4) is 5.75 Å². The van der Waals surface area contributed by atoms with Gasteiger partial charge in [0.2, 0.25) is 17.2 Å². The van der Waals surface area contributed by atoms with Crippen LogP contribution in [0.3, 0.4) is 0 Å². The number of piperazine rings is 1. The van der Waals surface area contributed by atoms with Crippen molar-refractivity contribution in [2.24, 2.45) is 0 Å². The third-order valence-electron chi connectivity index (χ3n) is 8.26. The smallest absolute Gasteiger partial charge is 0.341 e. The van der Waals surface area contributed by atoms with E-state index in [4.69, 9.17) is 4.74 Å². The van der Waals surface area contributed by atoms with E-state index in [0.717, 1.165) is 12.5 Å². The number of aromatic nitrogens is 1. The highest BCUT2D eigenvalue weighted by Crippen LogP contribution is 2.40. The normalized spacial score (nSPS) is 18.2. The number of anilines is 3. The third kappa shape index (κ3) is 4.85. The molecule has 2 fully saturated rings. The summed E-state index contributed by atoms with van der Waals surface area (Å²) in [5.41, 5.74) is -0.230. The number of carbonyl (C=O) groups excluding carboxylic acids is 2. The summed E-state index contributed by atoms with van der Waals surface area (Å²) < 4.78 is 38.2. The third-order valence-corrected chi connectivity index (χ3v) is 8.26. The number of nitrogens with one attached hydrogen (secondary N) is 1. The highest BCUT2D eigenvalue weighted by molar-refractivity contribution is 5.98. The molecule has 6 rings (SSSR count). The van der Waals surface area contributed by atoms with Crippen LogP contribution in [0.25, 0.3) is 10.9 Å². The summed E-state index contributed by atoms with van der Waals surface area (Å²) in [6.07, 6.45) is 2.50. The Morgan fingerprint density at radius 3 is 2.42 bits per heavy atom. The maximum Gasteiger partial charge on any atom is 0.341 e. The molecule has 1 unspecified atom stereocenters. The van der Waals surface area contributed by atoms with Gasteiger partial charge in [0.05, 0.1) is 11.1 Å². The maximum absolute atomic E-state index is 15.6. The lowest BCUT2D eigenvalue weighted by Gasteiger charge is -2.39. The van der Waals surface area contributed by atoms with E-state index in [2.05, 4.69) is 5.32 Å². The molecule has 1 aromatic heterocycles. The van der Waals surface area contributed by atoms with Gasteiger partial charge in [0.25, 0.3) is 0 Å². The van der Waals surface area contributed by atoms with Gasteiger partial charge in [-0.3, -0.25) is 24.1 Å². The number of carbonyl (C=O) groups is 3. The number of pyridine rings is 1. The minimum absolute atomic E-state index is 0.00206. The van der Waals surface area contributed by atoms with Gasteiger partial charge in [-0.2, -0.15) is 0 Å². The molecule has 0 bridgehead atoms. The topological polar surface area (TPSA) is 128 Å². The fourth-order valence-electron chi connectivity index (χ4n) is 6.12. The molecule has 1 atom stereocenters. The number of halogens is 2. The van der Waals surface area contributed by atoms with Gasteiger partial charge in [-0.05, 0) is 37.1 Å². The molecule has 14 heteroatoms. The molecule has 0 aliphatic carbocycles. The number of amides is 2. The van der Waals surface area contributed by atoms with Gasteiger partial charge in [-0.1, -0.05) is 0 Å². The molecule has 2 amide bonds. The summed E-state index contributed by atoms with van der Waals surface area (Å²) in [4.78, 5) is 54.1. The van der Waals surface area contributed by atoms with Crippen molar-refractivity contribution in [3.05, 3.63) is 57.9 Å². The lowest BCUT2D eigenvalue weighted by Crippen LogP contribution is -2.48. The first-order valence-electron chi connectivity index (χ1n) is 13.9. The molecule has 4 heterocycles. The van der Waals surface area contributed by atoms with Crippen molar-refractivity contribution in [2.75, 3.05) is 66.6 Å². The highest BCUT2D eigenvalue weighted by atomic mass is 19.1. The molecule has 2 aromatic carbocycles. The van der Waals surface area contributed by atoms with Crippen molar-refractivity contribution in [1.29, 1.82) is 0 Å². The minimum atomic E-state index is -1.41. The van der Waals surface area contributed by atoms with Gasteiger partial charge in [0.15, 0.2) is 18.3 Å². The van der Waals surface area contributed by atoms with Crippen LogP contribution >= 0.6 is 0 Å². The Bertz CT molecular complexity index is 1720. The Balaban J connectivity index is 1.21. The van der Waals surface area contributed by atoms with Crippen molar-refractivity contribution in [3.63, 3.8) is 0 Å². The summed E-state index contributed by atoms with van der Waals surface area (Å²) in [6, 6.07) is 4.90. The molecule has 0 saturated carbocycles. The number of carboxylic acid groups (broad SMARTS) is 1. The monoisotopic (exact) mass is 596 g/mol. The Morgan fingerprint density at radius 1 is 1.02 bits per heavy atom. The summed E-state index contributed by atoms with van der Waals surface area (Å²) in [5, 5.41) is 13.7. The molecule has 226 valence electrons. The molecule has 3 aliphatic rings. The highest BCUT2D eigenvalue weighted by Gasteiger charge is 2.33. The van der Waals surface area contributed by atoms with Gasteiger partial charge < -0.3 is 29.9 Å². The Kier molecular flexibility index (Phi) is 7.06. The predicted octanol–water partition coefficient (Wildman–Crippen LogP) is 2.17. The van der Waals surface area contributed by atoms with Gasteiger partial charge in [-0.15, -0.1) is 0 Å². The van der Waals surface area contributed by atoms with E-state index < -0.39 is 34.6 Å². The molecule has 43 heavy (non-hydrogen) atoms. The minimum Gasteiger partial charge on any atom is -0.477 e. The average molecular weight is 597 g/mol. The van der Waals surface area contributed by atoms with E-state index in [0.29, 0.717) is 44.8 Å². The van der Waals surface area contributed by atoms with Crippen molar-refractivity contribution >= 4 is 45.7 Å². The predicted molar refractivity (Wildman–Crippen MR) is 155 cm³/mol. The zero-order chi connectivity index (χ0) is 30.6. The van der Waals surface area contributed by atoms with Gasteiger partial charge in [0, 0.05) is 58.6 Å². The van der Waals surface area contributed by atoms with E-state index in [1.807, 2.05) is 4.90 Å². The zero-order valence-electron chi connectivity index (χ0n) is 23.6. The van der Waals surface area contributed by atoms with Gasteiger partial charge in [0.1, 0.15) is 28.6 Å². The van der Waals surface area contributed by atoms with Crippen LogP contribution in [0.4, 0.5) is 25.8 Å². The van der Waals surface area contributed by atoms with Crippen LogP contribution < -0.4 is 30.3 Å². The second-order valence-electron chi connectivity index (χ2n) is 10.9. The van der Waals surface area contributed by atoms with Crippen LogP contribution in [0.2, 0.25) is 0 Å². The fourth-order valence-corrected chi connectivity index (χ4v) is 6.12. The lowest BCUT2D eigenvalue weighted by atomic mass is 10.1. The first-order chi connectivity index (χ1) is 20.5. The van der Waals surface area contributed by atoms with E-state index in [1.165, 1.54) is 28.8 Å². The van der Waals surface area contributed by atoms with Gasteiger partial charge in [-0.25, -0.2) is 13.6 Å². The van der Waals surface area contributed by atoms with E-state index in [9.17, 15) is 24.3 Å². The lowest BCUT2D eigenvalue weighted by molar-refractivity contribution is -0.134. The van der Waals surface area contributed by atoms with Crippen LogP contribution in [0.5, 0.6) is 5.75 Å². The van der Waals surface area contributed by atoms with E-state index in [1.54, 1.807) is 29.1 Å².